The van der Waals surface area contributed by atoms with Gasteiger partial charge in [0.05, 0.1) is 0 Å². The lowest BCUT2D eigenvalue weighted by Crippen LogP contribution is -2.30. The fourth-order valence-electron chi connectivity index (χ4n) is 1.69. The Labute approximate surface area is 89.4 Å². The van der Waals surface area contributed by atoms with Gasteiger partial charge in [-0.05, 0) is 38.1 Å². The summed E-state index contributed by atoms with van der Waals surface area (Å²) in [6.07, 6.45) is 2.46. The monoisotopic (exact) mass is 201 g/mol. The van der Waals surface area contributed by atoms with Crippen molar-refractivity contribution in [3.8, 4) is 0 Å². The Morgan fingerprint density at radius 1 is 1.14 bits per heavy atom. The molecule has 0 aliphatic carbocycles. The Morgan fingerprint density at radius 3 is 2.29 bits per heavy atom. The summed E-state index contributed by atoms with van der Waals surface area (Å²) in [5, 5.41) is 3.52. The van der Waals surface area contributed by atoms with Crippen LogP contribution >= 0.6 is 0 Å². The van der Waals surface area contributed by atoms with Gasteiger partial charge in [-0.2, -0.15) is 0 Å². The van der Waals surface area contributed by atoms with E-state index in [-0.39, 0.29) is 0 Å². The fraction of sp³-hybridized carbons (Fsp3) is 1.00. The van der Waals surface area contributed by atoms with Crippen LogP contribution in [0.5, 0.6) is 0 Å². The van der Waals surface area contributed by atoms with Crippen LogP contribution in [0.4, 0.5) is 0 Å². The Morgan fingerprint density at radius 2 is 1.79 bits per heavy atom. The van der Waals surface area contributed by atoms with Crippen molar-refractivity contribution in [2.24, 2.45) is 11.8 Å². The highest BCUT2D eigenvalue weighted by Crippen LogP contribution is 2.16. The van der Waals surface area contributed by atoms with Crippen molar-refractivity contribution in [1.29, 1.82) is 0 Å². The summed E-state index contributed by atoms with van der Waals surface area (Å²) in [6.45, 7) is 11.1. The zero-order chi connectivity index (χ0) is 11.0. The van der Waals surface area contributed by atoms with Crippen LogP contribution in [0.25, 0.3) is 0 Å². The standard InChI is InChI=1S/C12H27NO/c1-6-7-13-12(4)8-10(2)11(3)9-14-5/h10-13H,6-9H2,1-5H3. The molecular formula is C12H27NO. The second-order valence-electron chi connectivity index (χ2n) is 4.50. The van der Waals surface area contributed by atoms with Crippen LogP contribution in [0.15, 0.2) is 0 Å². The summed E-state index contributed by atoms with van der Waals surface area (Å²) >= 11 is 0. The van der Waals surface area contributed by atoms with Crippen LogP contribution in [-0.2, 0) is 4.74 Å². The lowest BCUT2D eigenvalue weighted by Gasteiger charge is -2.23. The Balaban J connectivity index is 3.63. The summed E-state index contributed by atoms with van der Waals surface area (Å²) in [4.78, 5) is 0. The first-order chi connectivity index (χ1) is 6.61. The van der Waals surface area contributed by atoms with Gasteiger partial charge in [0.1, 0.15) is 0 Å². The number of rotatable bonds is 8. The van der Waals surface area contributed by atoms with E-state index in [2.05, 4.69) is 33.0 Å². The number of hydrogen-bond donors (Lipinski definition) is 1. The van der Waals surface area contributed by atoms with Crippen molar-refractivity contribution < 1.29 is 4.74 Å². The molecule has 0 radical (unpaired) electrons. The highest BCUT2D eigenvalue weighted by Gasteiger charge is 2.14. The largest absolute Gasteiger partial charge is 0.384 e. The summed E-state index contributed by atoms with van der Waals surface area (Å²) in [7, 11) is 1.78. The third-order valence-electron chi connectivity index (χ3n) is 2.87. The molecule has 2 nitrogen and oxygen atoms in total. The van der Waals surface area contributed by atoms with E-state index in [1.807, 2.05) is 0 Å². The SMILES string of the molecule is CCCNC(C)CC(C)C(C)COC. The van der Waals surface area contributed by atoms with E-state index in [1.54, 1.807) is 7.11 Å². The van der Waals surface area contributed by atoms with Gasteiger partial charge in [0, 0.05) is 19.8 Å². The van der Waals surface area contributed by atoms with Crippen molar-refractivity contribution in [1.82, 2.24) is 5.32 Å². The van der Waals surface area contributed by atoms with Gasteiger partial charge in [-0.15, -0.1) is 0 Å². The molecule has 2 heteroatoms. The number of methoxy groups -OCH3 is 1. The van der Waals surface area contributed by atoms with Crippen LogP contribution in [0.2, 0.25) is 0 Å². The molecule has 0 aromatic heterocycles. The molecule has 0 fully saturated rings. The highest BCUT2D eigenvalue weighted by molar-refractivity contribution is 4.68. The van der Waals surface area contributed by atoms with Gasteiger partial charge < -0.3 is 10.1 Å². The first-order valence-electron chi connectivity index (χ1n) is 5.84. The van der Waals surface area contributed by atoms with Gasteiger partial charge in [0.25, 0.3) is 0 Å². The maximum absolute atomic E-state index is 5.17. The third kappa shape index (κ3) is 6.39. The van der Waals surface area contributed by atoms with E-state index in [0.717, 1.165) is 19.1 Å². The van der Waals surface area contributed by atoms with E-state index >= 15 is 0 Å². The smallest absolute Gasteiger partial charge is 0.0490 e. The second kappa shape index (κ2) is 8.25. The average molecular weight is 201 g/mol. The molecule has 3 atom stereocenters. The van der Waals surface area contributed by atoms with E-state index in [1.165, 1.54) is 12.8 Å². The van der Waals surface area contributed by atoms with Crippen molar-refractivity contribution in [3.05, 3.63) is 0 Å². The predicted molar refractivity (Wildman–Crippen MR) is 62.6 cm³/mol. The molecule has 0 heterocycles. The predicted octanol–water partition coefficient (Wildman–Crippen LogP) is 2.68. The van der Waals surface area contributed by atoms with Crippen LogP contribution in [0, 0.1) is 11.8 Å². The molecule has 14 heavy (non-hydrogen) atoms. The molecule has 1 N–H and O–H groups in total. The minimum absolute atomic E-state index is 0.629. The highest BCUT2D eigenvalue weighted by atomic mass is 16.5. The van der Waals surface area contributed by atoms with E-state index in [0.29, 0.717) is 12.0 Å². The Bertz CT molecular complexity index is 127. The van der Waals surface area contributed by atoms with Crippen LogP contribution in [0.3, 0.4) is 0 Å². The maximum Gasteiger partial charge on any atom is 0.0490 e. The molecule has 0 saturated heterocycles. The first kappa shape index (κ1) is 13.9. The zero-order valence-corrected chi connectivity index (χ0v) is 10.5. The molecule has 0 amide bonds. The molecule has 0 saturated carbocycles. The third-order valence-corrected chi connectivity index (χ3v) is 2.87. The number of hydrogen-bond acceptors (Lipinski definition) is 2. The van der Waals surface area contributed by atoms with E-state index in [4.69, 9.17) is 4.74 Å². The minimum Gasteiger partial charge on any atom is -0.384 e. The molecule has 3 unspecified atom stereocenters. The van der Waals surface area contributed by atoms with Crippen LogP contribution in [0.1, 0.15) is 40.5 Å². The minimum atomic E-state index is 0.629. The first-order valence-corrected chi connectivity index (χ1v) is 5.84. The zero-order valence-electron chi connectivity index (χ0n) is 10.5. The Kier molecular flexibility index (Phi) is 8.20. The van der Waals surface area contributed by atoms with E-state index < -0.39 is 0 Å². The molecule has 0 aliphatic heterocycles. The molecule has 86 valence electrons. The molecule has 0 rings (SSSR count). The second-order valence-corrected chi connectivity index (χ2v) is 4.50. The van der Waals surface area contributed by atoms with Gasteiger partial charge in [-0.25, -0.2) is 0 Å². The molecule has 0 bridgehead atoms. The number of nitrogens with one attached hydrogen (secondary N) is 1. The molecule has 0 spiro atoms. The van der Waals surface area contributed by atoms with Gasteiger partial charge >= 0.3 is 0 Å². The van der Waals surface area contributed by atoms with Gasteiger partial charge in [0.15, 0.2) is 0 Å². The topological polar surface area (TPSA) is 21.3 Å². The van der Waals surface area contributed by atoms with Crippen molar-refractivity contribution >= 4 is 0 Å². The van der Waals surface area contributed by atoms with Crippen molar-refractivity contribution in [2.75, 3.05) is 20.3 Å². The summed E-state index contributed by atoms with van der Waals surface area (Å²) in [5.74, 6) is 1.39. The number of ether oxygens (including phenoxy) is 1. The van der Waals surface area contributed by atoms with Gasteiger partial charge in [0.2, 0.25) is 0 Å². The van der Waals surface area contributed by atoms with Gasteiger partial charge in [-0.3, -0.25) is 0 Å². The van der Waals surface area contributed by atoms with E-state index in [9.17, 15) is 0 Å². The summed E-state index contributed by atoms with van der Waals surface area (Å²) < 4.78 is 5.17. The lowest BCUT2D eigenvalue weighted by atomic mass is 9.91. The molecule has 0 aromatic rings. The van der Waals surface area contributed by atoms with Crippen LogP contribution in [-0.4, -0.2) is 26.3 Å². The van der Waals surface area contributed by atoms with Crippen molar-refractivity contribution in [2.45, 2.75) is 46.6 Å². The summed E-state index contributed by atoms with van der Waals surface area (Å²) in [6, 6.07) is 0.629. The quantitative estimate of drug-likeness (QED) is 0.652. The summed E-state index contributed by atoms with van der Waals surface area (Å²) in [5.41, 5.74) is 0. The molecule has 0 aromatic carbocycles. The normalized spacial score (nSPS) is 17.8. The fourth-order valence-corrected chi connectivity index (χ4v) is 1.69. The maximum atomic E-state index is 5.17. The van der Waals surface area contributed by atoms with Gasteiger partial charge in [-0.1, -0.05) is 20.8 Å². The van der Waals surface area contributed by atoms with Crippen molar-refractivity contribution in [3.63, 3.8) is 0 Å². The Hall–Kier alpha value is -0.0800. The molecular weight excluding hydrogens is 174 g/mol. The van der Waals surface area contributed by atoms with Crippen LogP contribution < -0.4 is 5.32 Å². The average Bonchev–Trinajstić information content (AvgIpc) is 2.15. The molecule has 0 aliphatic rings. The lowest BCUT2D eigenvalue weighted by molar-refractivity contribution is 0.128.